The maximum absolute atomic E-state index is 14.2. The normalized spacial score (nSPS) is 23.8. The van der Waals surface area contributed by atoms with Crippen LogP contribution in [-0.2, 0) is 11.3 Å². The molecule has 7 rings (SSSR count). The number of hydrogen-bond donors (Lipinski definition) is 2. The van der Waals surface area contributed by atoms with Crippen LogP contribution in [0, 0.1) is 5.95 Å². The highest BCUT2D eigenvalue weighted by molar-refractivity contribution is 5.75. The van der Waals surface area contributed by atoms with E-state index in [4.69, 9.17) is 14.2 Å². The predicted octanol–water partition coefficient (Wildman–Crippen LogP) is 1.24. The third-order valence-electron chi connectivity index (χ3n) is 7.01. The highest BCUT2D eigenvalue weighted by atomic mass is 19.1. The molecule has 0 aliphatic carbocycles. The van der Waals surface area contributed by atoms with Gasteiger partial charge in [0.05, 0.1) is 25.5 Å². The monoisotopic (exact) mass is 496 g/mol. The number of morpholine rings is 1. The molecule has 2 N–H and O–H groups in total. The molecule has 4 saturated heterocycles. The van der Waals surface area contributed by atoms with Gasteiger partial charge in [0.2, 0.25) is 17.7 Å². The van der Waals surface area contributed by atoms with Crippen LogP contribution in [0.25, 0.3) is 11.3 Å². The van der Waals surface area contributed by atoms with E-state index in [2.05, 4.69) is 46.3 Å². The predicted molar refractivity (Wildman–Crippen MR) is 128 cm³/mol. The van der Waals surface area contributed by atoms with Crippen molar-refractivity contribution < 1.29 is 18.6 Å². The molecular weight excluding hydrogens is 467 g/mol. The average molecular weight is 497 g/mol. The zero-order valence-corrected chi connectivity index (χ0v) is 20.1. The number of piperidine rings is 1. The number of rotatable bonds is 8. The van der Waals surface area contributed by atoms with E-state index in [1.165, 1.54) is 6.20 Å². The minimum absolute atomic E-state index is 0.0672. The Labute approximate surface area is 208 Å². The number of H-pyrrole nitrogens is 1. The zero-order chi connectivity index (χ0) is 24.5. The molecule has 3 atom stereocenters. The molecule has 3 aromatic heterocycles. The van der Waals surface area contributed by atoms with Crippen LogP contribution in [0.3, 0.4) is 0 Å². The Morgan fingerprint density at radius 2 is 2.08 bits per heavy atom. The summed E-state index contributed by atoms with van der Waals surface area (Å²) in [6.45, 7) is 4.92. The van der Waals surface area contributed by atoms with Crippen LogP contribution >= 0.6 is 0 Å². The lowest BCUT2D eigenvalue weighted by molar-refractivity contribution is -0.00876. The molecule has 190 valence electrons. The summed E-state index contributed by atoms with van der Waals surface area (Å²) in [5.41, 5.74) is 2.16. The van der Waals surface area contributed by atoms with Gasteiger partial charge in [0.25, 0.3) is 0 Å². The molecule has 3 aromatic rings. The third kappa shape index (κ3) is 4.59. The van der Waals surface area contributed by atoms with E-state index in [0.29, 0.717) is 60.7 Å². The highest BCUT2D eigenvalue weighted by Gasteiger charge is 2.45. The van der Waals surface area contributed by atoms with E-state index in [1.807, 2.05) is 12.3 Å². The van der Waals surface area contributed by atoms with Crippen LogP contribution < -0.4 is 19.7 Å². The zero-order valence-electron chi connectivity index (χ0n) is 20.1. The molecular formula is C24H29FN8O3. The number of fused-ring (bicyclic) bond motifs is 2. The number of pyridine rings is 1. The molecule has 2 unspecified atom stereocenters. The molecule has 0 spiro atoms. The van der Waals surface area contributed by atoms with Crippen molar-refractivity contribution in [2.75, 3.05) is 51.4 Å². The minimum Gasteiger partial charge on any atom is -0.481 e. The van der Waals surface area contributed by atoms with Gasteiger partial charge in [-0.15, -0.1) is 5.10 Å². The Balaban J connectivity index is 1.17. The first-order valence-corrected chi connectivity index (χ1v) is 12.2. The maximum atomic E-state index is 14.2. The van der Waals surface area contributed by atoms with Gasteiger partial charge in [-0.1, -0.05) is 6.07 Å². The molecule has 4 aliphatic heterocycles. The van der Waals surface area contributed by atoms with Crippen molar-refractivity contribution in [3.8, 4) is 23.0 Å². The van der Waals surface area contributed by atoms with Crippen molar-refractivity contribution in [1.29, 1.82) is 0 Å². The molecule has 36 heavy (non-hydrogen) atoms. The van der Waals surface area contributed by atoms with Crippen LogP contribution in [0.2, 0.25) is 0 Å². The Kier molecular flexibility index (Phi) is 6.38. The average Bonchev–Trinajstić information content (AvgIpc) is 3.40. The van der Waals surface area contributed by atoms with Crippen molar-refractivity contribution in [1.82, 2.24) is 35.4 Å². The van der Waals surface area contributed by atoms with E-state index in [-0.39, 0.29) is 6.10 Å². The van der Waals surface area contributed by atoms with Crippen LogP contribution in [0.15, 0.2) is 30.7 Å². The second-order valence-corrected chi connectivity index (χ2v) is 9.31. The number of ether oxygens (including phenoxy) is 3. The lowest BCUT2D eigenvalue weighted by Gasteiger charge is -2.56. The number of aromatic amines is 1. The molecule has 0 saturated carbocycles. The molecule has 0 amide bonds. The summed E-state index contributed by atoms with van der Waals surface area (Å²) in [7, 11) is 1.62. The lowest BCUT2D eigenvalue weighted by Crippen LogP contribution is -2.68. The van der Waals surface area contributed by atoms with Crippen molar-refractivity contribution in [2.45, 2.75) is 31.2 Å². The molecule has 11 nitrogen and oxygen atoms in total. The Morgan fingerprint density at radius 1 is 1.19 bits per heavy atom. The first-order chi connectivity index (χ1) is 17.7. The number of methoxy groups -OCH3 is 1. The molecule has 12 heteroatoms. The van der Waals surface area contributed by atoms with Crippen molar-refractivity contribution >= 4 is 5.82 Å². The Hall–Kier alpha value is -3.35. The van der Waals surface area contributed by atoms with Crippen molar-refractivity contribution in [3.63, 3.8) is 0 Å². The number of aromatic nitrogens is 5. The first kappa shape index (κ1) is 23.1. The minimum atomic E-state index is -0.642. The van der Waals surface area contributed by atoms with E-state index in [9.17, 15) is 4.39 Å². The fraction of sp³-hybridized carbons (Fsp3) is 0.500. The van der Waals surface area contributed by atoms with Gasteiger partial charge >= 0.3 is 0 Å². The van der Waals surface area contributed by atoms with Gasteiger partial charge in [-0.05, 0) is 12.0 Å². The number of nitrogens with zero attached hydrogens (tertiary/aromatic N) is 6. The van der Waals surface area contributed by atoms with E-state index < -0.39 is 5.95 Å². The van der Waals surface area contributed by atoms with Gasteiger partial charge in [-0.2, -0.15) is 4.39 Å². The van der Waals surface area contributed by atoms with E-state index >= 15 is 0 Å². The van der Waals surface area contributed by atoms with Crippen molar-refractivity contribution in [3.05, 3.63) is 42.2 Å². The van der Waals surface area contributed by atoms with Crippen LogP contribution in [0.5, 0.6) is 11.8 Å². The van der Waals surface area contributed by atoms with Gasteiger partial charge in [0.15, 0.2) is 5.82 Å². The Bertz CT molecular complexity index is 1170. The maximum Gasteiger partial charge on any atom is 0.242 e. The van der Waals surface area contributed by atoms with Crippen LogP contribution in [0.1, 0.15) is 12.0 Å². The second kappa shape index (κ2) is 9.96. The van der Waals surface area contributed by atoms with E-state index in [0.717, 1.165) is 38.2 Å². The summed E-state index contributed by atoms with van der Waals surface area (Å²) in [5.74, 6) is 0.970. The van der Waals surface area contributed by atoms with Gasteiger partial charge in [-0.25, -0.2) is 15.0 Å². The first-order valence-electron chi connectivity index (χ1n) is 12.2. The number of hydrogen-bond acceptors (Lipinski definition) is 10. The number of halogens is 1. The fourth-order valence-electron chi connectivity index (χ4n) is 5.18. The molecule has 4 fully saturated rings. The summed E-state index contributed by atoms with van der Waals surface area (Å²) in [6.07, 6.45) is 5.77. The molecule has 0 aromatic carbocycles. The topological polar surface area (TPSA) is 114 Å². The second-order valence-electron chi connectivity index (χ2n) is 9.31. The SMILES string of the molecule is COc1ccc(CN2C3CC2CN(c2ncc(F)nc2-c2c[nH]nc2OC[C@@H]2CNCCO2)C3)cn1. The Morgan fingerprint density at radius 3 is 2.83 bits per heavy atom. The summed E-state index contributed by atoms with van der Waals surface area (Å²) in [4.78, 5) is 17.6. The van der Waals surface area contributed by atoms with Gasteiger partial charge in [0, 0.05) is 63.3 Å². The summed E-state index contributed by atoms with van der Waals surface area (Å²) >= 11 is 0. The standard InChI is InChI=1S/C24H29FN8O3/c1-34-21-3-2-15(7-27-21)11-33-16-6-17(33)13-32(12-16)23-22(30-20(25)10-28-23)19-9-29-31-24(19)36-14-18-8-26-4-5-35-18/h2-3,7,9-10,16-18,26H,4-6,8,11-14H2,1H3,(H,29,31)/t16?,17?,18-/m0/s1. The van der Waals surface area contributed by atoms with Gasteiger partial charge < -0.3 is 24.4 Å². The highest BCUT2D eigenvalue weighted by Crippen LogP contribution is 2.39. The number of anilines is 1. The van der Waals surface area contributed by atoms with Gasteiger partial charge in [-0.3, -0.25) is 10.00 Å². The van der Waals surface area contributed by atoms with Crippen molar-refractivity contribution in [2.24, 2.45) is 0 Å². The van der Waals surface area contributed by atoms with E-state index in [1.54, 1.807) is 13.3 Å². The summed E-state index contributed by atoms with van der Waals surface area (Å²) < 4.78 is 31.1. The quantitative estimate of drug-likeness (QED) is 0.472. The lowest BCUT2D eigenvalue weighted by atomic mass is 9.86. The molecule has 2 bridgehead atoms. The fourth-order valence-corrected chi connectivity index (χ4v) is 5.18. The summed E-state index contributed by atoms with van der Waals surface area (Å²) in [5, 5.41) is 10.3. The number of piperazine rings is 1. The smallest absolute Gasteiger partial charge is 0.242 e. The molecule has 0 radical (unpaired) electrons. The third-order valence-corrected chi connectivity index (χ3v) is 7.01. The van der Waals surface area contributed by atoms with Crippen LogP contribution in [0.4, 0.5) is 10.2 Å². The molecule has 7 heterocycles. The molecule has 4 aliphatic rings. The number of nitrogens with one attached hydrogen (secondary N) is 2. The summed E-state index contributed by atoms with van der Waals surface area (Å²) in [6, 6.07) is 4.69. The van der Waals surface area contributed by atoms with Gasteiger partial charge in [0.1, 0.15) is 18.4 Å². The largest absolute Gasteiger partial charge is 0.481 e. The van der Waals surface area contributed by atoms with Crippen LogP contribution in [-0.4, -0.2) is 94.7 Å².